The molecule has 0 fully saturated rings. The van der Waals surface area contributed by atoms with Crippen molar-refractivity contribution in [2.45, 2.75) is 46.5 Å². The van der Waals surface area contributed by atoms with Crippen molar-refractivity contribution in [2.24, 2.45) is 11.8 Å². The highest BCUT2D eigenvalue weighted by Gasteiger charge is 2.23. The molecule has 2 aromatic heterocycles. The fraction of sp³-hybridized carbons (Fsp3) is 0.625. The predicted octanol–water partition coefficient (Wildman–Crippen LogP) is 4.93. The summed E-state index contributed by atoms with van der Waals surface area (Å²) in [5.74, 6) is 2.38. The Hall–Kier alpha value is -0.870. The first kappa shape index (κ1) is 15.0. The van der Waals surface area contributed by atoms with Crippen molar-refractivity contribution in [1.82, 2.24) is 9.97 Å². The first-order valence-corrected chi connectivity index (χ1v) is 8.95. The van der Waals surface area contributed by atoms with Crippen molar-refractivity contribution in [2.75, 3.05) is 11.9 Å². The van der Waals surface area contributed by atoms with Crippen LogP contribution in [0, 0.1) is 11.8 Å². The van der Waals surface area contributed by atoms with E-state index in [4.69, 9.17) is 11.6 Å². The van der Waals surface area contributed by atoms with Gasteiger partial charge in [-0.05, 0) is 54.7 Å². The molecule has 2 aromatic rings. The third-order valence-corrected chi connectivity index (χ3v) is 5.46. The minimum Gasteiger partial charge on any atom is -0.369 e. The van der Waals surface area contributed by atoms with Crippen LogP contribution in [0.5, 0.6) is 0 Å². The lowest BCUT2D eigenvalue weighted by Gasteiger charge is -2.18. The van der Waals surface area contributed by atoms with Crippen molar-refractivity contribution < 1.29 is 0 Å². The fourth-order valence-electron chi connectivity index (χ4n) is 2.92. The minimum atomic E-state index is 0.348. The summed E-state index contributed by atoms with van der Waals surface area (Å²) in [5, 5.41) is 5.04. The first-order valence-electron chi connectivity index (χ1n) is 7.76. The summed E-state index contributed by atoms with van der Waals surface area (Å²) in [7, 11) is 0. The van der Waals surface area contributed by atoms with Crippen LogP contribution < -0.4 is 5.32 Å². The highest BCUT2D eigenvalue weighted by atomic mass is 35.5. The van der Waals surface area contributed by atoms with Crippen LogP contribution in [-0.2, 0) is 12.8 Å². The second-order valence-corrected chi connectivity index (χ2v) is 7.90. The standard InChI is InChI=1S/C16H22ClN3S/c1-9(2)6-7-18-14-13-11-5-4-10(3)8-12(11)21-15(13)20-16(17)19-14/h9-10H,4-8H2,1-3H3,(H,18,19,20). The Morgan fingerprint density at radius 3 is 2.95 bits per heavy atom. The maximum Gasteiger partial charge on any atom is 0.225 e. The monoisotopic (exact) mass is 323 g/mol. The lowest BCUT2D eigenvalue weighted by molar-refractivity contribution is 0.509. The number of hydrogen-bond donors (Lipinski definition) is 1. The summed E-state index contributed by atoms with van der Waals surface area (Å²) in [5.41, 5.74) is 1.46. The van der Waals surface area contributed by atoms with Crippen LogP contribution >= 0.6 is 22.9 Å². The molecule has 0 aliphatic heterocycles. The van der Waals surface area contributed by atoms with E-state index in [2.05, 4.69) is 36.1 Å². The van der Waals surface area contributed by atoms with E-state index in [9.17, 15) is 0 Å². The Morgan fingerprint density at radius 2 is 2.19 bits per heavy atom. The molecule has 3 rings (SSSR count). The Bertz CT molecular complexity index is 650. The zero-order valence-corrected chi connectivity index (χ0v) is 14.4. The zero-order valence-electron chi connectivity index (χ0n) is 12.9. The number of aromatic nitrogens is 2. The van der Waals surface area contributed by atoms with Gasteiger partial charge >= 0.3 is 0 Å². The molecule has 0 amide bonds. The third-order valence-electron chi connectivity index (χ3n) is 4.14. The maximum absolute atomic E-state index is 6.10. The van der Waals surface area contributed by atoms with Crippen LogP contribution in [0.4, 0.5) is 5.82 Å². The smallest absolute Gasteiger partial charge is 0.225 e. The number of hydrogen-bond acceptors (Lipinski definition) is 4. The molecule has 0 aromatic carbocycles. The van der Waals surface area contributed by atoms with Gasteiger partial charge in [-0.2, -0.15) is 0 Å². The average molecular weight is 324 g/mol. The van der Waals surface area contributed by atoms with Gasteiger partial charge in [0.1, 0.15) is 10.6 Å². The molecule has 114 valence electrons. The molecule has 0 saturated carbocycles. The van der Waals surface area contributed by atoms with E-state index in [0.29, 0.717) is 11.2 Å². The van der Waals surface area contributed by atoms with Gasteiger partial charge < -0.3 is 5.32 Å². The summed E-state index contributed by atoms with van der Waals surface area (Å²) < 4.78 is 0. The Kier molecular flexibility index (Phi) is 4.36. The molecule has 0 saturated heterocycles. The molecular weight excluding hydrogens is 302 g/mol. The normalized spacial score (nSPS) is 18.2. The first-order chi connectivity index (χ1) is 10.0. The lowest BCUT2D eigenvalue weighted by Crippen LogP contribution is -2.10. The molecule has 1 aliphatic rings. The van der Waals surface area contributed by atoms with Crippen molar-refractivity contribution in [1.29, 1.82) is 0 Å². The van der Waals surface area contributed by atoms with E-state index >= 15 is 0 Å². The van der Waals surface area contributed by atoms with Gasteiger partial charge in [-0.15, -0.1) is 11.3 Å². The second-order valence-electron chi connectivity index (χ2n) is 6.48. The molecular formula is C16H22ClN3S. The number of thiophene rings is 1. The van der Waals surface area contributed by atoms with Crippen LogP contribution in [-0.4, -0.2) is 16.5 Å². The molecule has 1 aliphatic carbocycles. The van der Waals surface area contributed by atoms with E-state index in [-0.39, 0.29) is 0 Å². The summed E-state index contributed by atoms with van der Waals surface area (Å²) in [4.78, 5) is 11.4. The van der Waals surface area contributed by atoms with Gasteiger partial charge in [0.05, 0.1) is 5.39 Å². The third kappa shape index (κ3) is 3.16. The average Bonchev–Trinajstić information content (AvgIpc) is 2.74. The molecule has 0 spiro atoms. The van der Waals surface area contributed by atoms with E-state index in [1.54, 1.807) is 11.3 Å². The van der Waals surface area contributed by atoms with E-state index < -0.39 is 0 Å². The van der Waals surface area contributed by atoms with Crippen LogP contribution in [0.1, 0.15) is 44.1 Å². The van der Waals surface area contributed by atoms with Crippen molar-refractivity contribution in [3.8, 4) is 0 Å². The molecule has 0 bridgehead atoms. The minimum absolute atomic E-state index is 0.348. The largest absolute Gasteiger partial charge is 0.369 e. The van der Waals surface area contributed by atoms with E-state index in [1.807, 2.05) is 0 Å². The highest BCUT2D eigenvalue weighted by Crippen LogP contribution is 2.40. The van der Waals surface area contributed by atoms with Crippen LogP contribution in [0.3, 0.4) is 0 Å². The van der Waals surface area contributed by atoms with E-state index in [1.165, 1.54) is 28.7 Å². The van der Waals surface area contributed by atoms with Gasteiger partial charge in [0, 0.05) is 11.4 Å². The van der Waals surface area contributed by atoms with Gasteiger partial charge in [-0.1, -0.05) is 20.8 Å². The van der Waals surface area contributed by atoms with Crippen LogP contribution in [0.25, 0.3) is 10.2 Å². The number of halogens is 1. The molecule has 2 heterocycles. The van der Waals surface area contributed by atoms with Gasteiger partial charge in [-0.3, -0.25) is 0 Å². The molecule has 3 nitrogen and oxygen atoms in total. The SMILES string of the molecule is CC(C)CCNc1nc(Cl)nc2sc3c(c12)CCC(C)C3. The Morgan fingerprint density at radius 1 is 1.38 bits per heavy atom. The van der Waals surface area contributed by atoms with Crippen LogP contribution in [0.2, 0.25) is 5.28 Å². The number of rotatable bonds is 4. The van der Waals surface area contributed by atoms with Crippen molar-refractivity contribution in [3.63, 3.8) is 0 Å². The van der Waals surface area contributed by atoms with E-state index in [0.717, 1.165) is 36.0 Å². The summed E-state index contributed by atoms with van der Waals surface area (Å²) in [6.07, 6.45) is 4.69. The topological polar surface area (TPSA) is 37.8 Å². The number of aryl methyl sites for hydroxylation is 1. The molecule has 0 radical (unpaired) electrons. The number of anilines is 1. The van der Waals surface area contributed by atoms with Gasteiger partial charge in [0.15, 0.2) is 0 Å². The van der Waals surface area contributed by atoms with Gasteiger partial charge in [0.2, 0.25) is 5.28 Å². The predicted molar refractivity (Wildman–Crippen MR) is 91.6 cm³/mol. The summed E-state index contributed by atoms with van der Waals surface area (Å²) >= 11 is 7.90. The van der Waals surface area contributed by atoms with Crippen LogP contribution in [0.15, 0.2) is 0 Å². The zero-order chi connectivity index (χ0) is 15.0. The molecule has 1 atom stereocenters. The van der Waals surface area contributed by atoms with Crippen molar-refractivity contribution >= 4 is 39.0 Å². The molecule has 1 unspecified atom stereocenters. The molecule has 21 heavy (non-hydrogen) atoms. The van der Waals surface area contributed by atoms with Gasteiger partial charge in [-0.25, -0.2) is 9.97 Å². The summed E-state index contributed by atoms with van der Waals surface area (Å²) in [6, 6.07) is 0. The quantitative estimate of drug-likeness (QED) is 0.811. The fourth-order valence-corrected chi connectivity index (χ4v) is 4.53. The Balaban J connectivity index is 1.98. The van der Waals surface area contributed by atoms with Crippen molar-refractivity contribution in [3.05, 3.63) is 15.7 Å². The lowest BCUT2D eigenvalue weighted by atomic mass is 9.89. The molecule has 1 N–H and O–H groups in total. The van der Waals surface area contributed by atoms with Gasteiger partial charge in [0.25, 0.3) is 0 Å². The second kappa shape index (κ2) is 6.09. The highest BCUT2D eigenvalue weighted by molar-refractivity contribution is 7.19. The number of fused-ring (bicyclic) bond motifs is 3. The Labute approximate surface area is 135 Å². The molecule has 5 heteroatoms. The number of nitrogens with zero attached hydrogens (tertiary/aromatic N) is 2. The summed E-state index contributed by atoms with van der Waals surface area (Å²) in [6.45, 7) is 7.73. The maximum atomic E-state index is 6.10. The number of nitrogens with one attached hydrogen (secondary N) is 1.